The Morgan fingerprint density at radius 1 is 1.00 bits per heavy atom. The summed E-state index contributed by atoms with van der Waals surface area (Å²) >= 11 is 0. The van der Waals surface area contributed by atoms with Crippen LogP contribution in [0.25, 0.3) is 0 Å². The van der Waals surface area contributed by atoms with Crippen molar-refractivity contribution in [2.75, 3.05) is 36.4 Å². The van der Waals surface area contributed by atoms with Gasteiger partial charge in [0.1, 0.15) is 0 Å². The molecule has 0 radical (unpaired) electrons. The Morgan fingerprint density at radius 3 is 2.21 bits per heavy atom. The SMILES string of the molecule is COc1ccc(C(=O)Nc2ccc(N[C@H]3CS(=O)(=O)C[C@@H]3O)cc2)cc1OC. The van der Waals surface area contributed by atoms with Crippen molar-refractivity contribution in [3.05, 3.63) is 48.0 Å². The Kier molecular flexibility index (Phi) is 5.76. The molecule has 0 aliphatic carbocycles. The summed E-state index contributed by atoms with van der Waals surface area (Å²) in [7, 11) is -0.200. The number of carbonyl (C=O) groups excluding carboxylic acids is 1. The number of benzene rings is 2. The van der Waals surface area contributed by atoms with Gasteiger partial charge in [-0.2, -0.15) is 0 Å². The summed E-state index contributed by atoms with van der Waals surface area (Å²) in [6.07, 6.45) is -0.936. The van der Waals surface area contributed by atoms with E-state index in [-0.39, 0.29) is 17.4 Å². The number of ether oxygens (including phenoxy) is 2. The van der Waals surface area contributed by atoms with Crippen molar-refractivity contribution in [1.29, 1.82) is 0 Å². The van der Waals surface area contributed by atoms with Gasteiger partial charge in [0.05, 0.1) is 37.9 Å². The topological polar surface area (TPSA) is 114 Å². The minimum atomic E-state index is -3.22. The molecule has 2 aromatic rings. The highest BCUT2D eigenvalue weighted by atomic mass is 32.2. The lowest BCUT2D eigenvalue weighted by Crippen LogP contribution is -2.31. The van der Waals surface area contributed by atoms with E-state index in [0.717, 1.165) is 0 Å². The quantitative estimate of drug-likeness (QED) is 0.666. The van der Waals surface area contributed by atoms with Gasteiger partial charge in [0, 0.05) is 16.9 Å². The molecule has 28 heavy (non-hydrogen) atoms. The number of nitrogens with one attached hydrogen (secondary N) is 2. The molecule has 1 saturated heterocycles. The molecule has 0 saturated carbocycles. The molecule has 0 spiro atoms. The lowest BCUT2D eigenvalue weighted by atomic mass is 10.1. The van der Waals surface area contributed by atoms with Gasteiger partial charge in [-0.3, -0.25) is 4.79 Å². The van der Waals surface area contributed by atoms with Crippen LogP contribution in [0.3, 0.4) is 0 Å². The number of hydrogen-bond donors (Lipinski definition) is 3. The first kappa shape index (κ1) is 20.0. The number of carbonyl (C=O) groups is 1. The van der Waals surface area contributed by atoms with Crippen LogP contribution in [-0.4, -0.2) is 57.3 Å². The highest BCUT2D eigenvalue weighted by Crippen LogP contribution is 2.28. The van der Waals surface area contributed by atoms with E-state index in [1.165, 1.54) is 14.2 Å². The number of anilines is 2. The third kappa shape index (κ3) is 4.55. The number of sulfone groups is 1. The van der Waals surface area contributed by atoms with Gasteiger partial charge < -0.3 is 25.2 Å². The van der Waals surface area contributed by atoms with E-state index in [1.807, 2.05) is 0 Å². The third-order valence-electron chi connectivity index (χ3n) is 4.46. The second-order valence-corrected chi connectivity index (χ2v) is 8.65. The Hall–Kier alpha value is -2.78. The smallest absolute Gasteiger partial charge is 0.255 e. The molecule has 0 unspecified atom stereocenters. The second kappa shape index (κ2) is 8.07. The van der Waals surface area contributed by atoms with Crippen molar-refractivity contribution < 1.29 is 27.8 Å². The number of aliphatic hydroxyl groups is 1. The van der Waals surface area contributed by atoms with Gasteiger partial charge >= 0.3 is 0 Å². The van der Waals surface area contributed by atoms with E-state index >= 15 is 0 Å². The molecule has 1 amide bonds. The van der Waals surface area contributed by atoms with E-state index in [4.69, 9.17) is 9.47 Å². The predicted molar refractivity (Wildman–Crippen MR) is 106 cm³/mol. The number of methoxy groups -OCH3 is 2. The summed E-state index contributed by atoms with van der Waals surface area (Å²) in [5.74, 6) is 0.347. The molecule has 1 fully saturated rings. The molecular weight excluding hydrogens is 384 g/mol. The first-order chi connectivity index (χ1) is 13.3. The Bertz CT molecular complexity index is 959. The van der Waals surface area contributed by atoms with Crippen LogP contribution < -0.4 is 20.1 Å². The van der Waals surface area contributed by atoms with E-state index in [2.05, 4.69) is 10.6 Å². The molecule has 8 nitrogen and oxygen atoms in total. The lowest BCUT2D eigenvalue weighted by Gasteiger charge is -2.16. The van der Waals surface area contributed by atoms with Crippen LogP contribution in [-0.2, 0) is 9.84 Å². The Balaban J connectivity index is 1.65. The first-order valence-electron chi connectivity index (χ1n) is 8.60. The molecule has 3 rings (SSSR count). The fourth-order valence-electron chi connectivity index (χ4n) is 3.01. The maximum Gasteiger partial charge on any atom is 0.255 e. The molecule has 0 bridgehead atoms. The summed E-state index contributed by atoms with van der Waals surface area (Å²) < 4.78 is 33.5. The molecular formula is C19H22N2O6S. The van der Waals surface area contributed by atoms with E-state index in [9.17, 15) is 18.3 Å². The zero-order valence-electron chi connectivity index (χ0n) is 15.5. The molecule has 2 aromatic carbocycles. The molecule has 1 aliphatic heterocycles. The highest BCUT2D eigenvalue weighted by molar-refractivity contribution is 7.91. The summed E-state index contributed by atoms with van der Waals surface area (Å²) in [5, 5.41) is 15.6. The minimum Gasteiger partial charge on any atom is -0.493 e. The molecule has 3 N–H and O–H groups in total. The van der Waals surface area contributed by atoms with Gasteiger partial charge in [-0.1, -0.05) is 0 Å². The molecule has 2 atom stereocenters. The van der Waals surface area contributed by atoms with Gasteiger partial charge in [-0.25, -0.2) is 8.42 Å². The molecule has 1 heterocycles. The van der Waals surface area contributed by atoms with Crippen molar-refractivity contribution in [2.45, 2.75) is 12.1 Å². The summed E-state index contributed by atoms with van der Waals surface area (Å²) in [4.78, 5) is 12.4. The zero-order valence-corrected chi connectivity index (χ0v) is 16.3. The van der Waals surface area contributed by atoms with Crippen molar-refractivity contribution in [1.82, 2.24) is 0 Å². The molecule has 150 valence electrons. The summed E-state index contributed by atoms with van der Waals surface area (Å²) in [6.45, 7) is 0. The summed E-state index contributed by atoms with van der Waals surface area (Å²) in [5.41, 5.74) is 1.65. The molecule has 0 aromatic heterocycles. The van der Waals surface area contributed by atoms with Crippen molar-refractivity contribution >= 4 is 27.1 Å². The predicted octanol–water partition coefficient (Wildman–Crippen LogP) is 1.53. The van der Waals surface area contributed by atoms with Crippen LogP contribution in [0.1, 0.15) is 10.4 Å². The highest BCUT2D eigenvalue weighted by Gasteiger charge is 2.36. The van der Waals surface area contributed by atoms with E-state index in [0.29, 0.717) is 28.4 Å². The fourth-order valence-corrected chi connectivity index (χ4v) is 4.75. The zero-order chi connectivity index (χ0) is 20.3. The standard InChI is InChI=1S/C19H22N2O6S/c1-26-17-8-3-12(9-18(17)27-2)19(23)21-14-6-4-13(5-7-14)20-15-10-28(24,25)11-16(15)22/h3-9,15-16,20,22H,10-11H2,1-2H3,(H,21,23)/t15-,16-/m0/s1. The largest absolute Gasteiger partial charge is 0.493 e. The van der Waals surface area contributed by atoms with Gasteiger partial charge in [0.2, 0.25) is 0 Å². The normalized spacial score (nSPS) is 20.4. The molecule has 1 aliphatic rings. The van der Waals surface area contributed by atoms with E-state index in [1.54, 1.807) is 42.5 Å². The van der Waals surface area contributed by atoms with Crippen LogP contribution in [0.4, 0.5) is 11.4 Å². The second-order valence-electron chi connectivity index (χ2n) is 6.50. The van der Waals surface area contributed by atoms with Crippen molar-refractivity contribution in [3.63, 3.8) is 0 Å². The van der Waals surface area contributed by atoms with Crippen LogP contribution in [0.5, 0.6) is 11.5 Å². The van der Waals surface area contributed by atoms with Crippen LogP contribution in [0, 0.1) is 0 Å². The maximum absolute atomic E-state index is 12.4. The van der Waals surface area contributed by atoms with Gasteiger partial charge in [0.15, 0.2) is 21.3 Å². The monoisotopic (exact) mass is 406 g/mol. The first-order valence-corrected chi connectivity index (χ1v) is 10.4. The number of rotatable bonds is 6. The Labute approximate surface area is 163 Å². The number of hydrogen-bond acceptors (Lipinski definition) is 7. The Morgan fingerprint density at radius 2 is 1.64 bits per heavy atom. The average Bonchev–Trinajstić information content (AvgIpc) is 2.93. The molecule has 9 heteroatoms. The van der Waals surface area contributed by atoms with Gasteiger partial charge in [-0.05, 0) is 42.5 Å². The van der Waals surface area contributed by atoms with E-state index < -0.39 is 22.0 Å². The van der Waals surface area contributed by atoms with Crippen molar-refractivity contribution in [2.24, 2.45) is 0 Å². The average molecular weight is 406 g/mol. The van der Waals surface area contributed by atoms with Gasteiger partial charge in [0.25, 0.3) is 5.91 Å². The third-order valence-corrected chi connectivity index (χ3v) is 6.18. The number of aliphatic hydroxyl groups excluding tert-OH is 1. The lowest BCUT2D eigenvalue weighted by molar-refractivity contribution is 0.102. The minimum absolute atomic E-state index is 0.105. The van der Waals surface area contributed by atoms with Crippen LogP contribution in [0.2, 0.25) is 0 Å². The number of amides is 1. The van der Waals surface area contributed by atoms with Crippen LogP contribution in [0.15, 0.2) is 42.5 Å². The van der Waals surface area contributed by atoms with Gasteiger partial charge in [-0.15, -0.1) is 0 Å². The maximum atomic E-state index is 12.4. The van der Waals surface area contributed by atoms with Crippen LogP contribution >= 0.6 is 0 Å². The van der Waals surface area contributed by atoms with Crippen molar-refractivity contribution in [3.8, 4) is 11.5 Å². The fraction of sp³-hybridized carbons (Fsp3) is 0.316. The summed E-state index contributed by atoms with van der Waals surface area (Å²) in [6, 6.07) is 11.1.